The average molecular weight is 189 g/mol. The molecular formula is C7H11NO3S. The van der Waals surface area contributed by atoms with Crippen LogP contribution >= 0.6 is 0 Å². The van der Waals surface area contributed by atoms with Gasteiger partial charge in [0.2, 0.25) is 0 Å². The molecule has 12 heavy (non-hydrogen) atoms. The van der Waals surface area contributed by atoms with Gasteiger partial charge in [0.15, 0.2) is 9.84 Å². The van der Waals surface area contributed by atoms with Gasteiger partial charge in [-0.05, 0) is 6.92 Å². The smallest absolute Gasteiger partial charge is 0.151 e. The Morgan fingerprint density at radius 3 is 2.42 bits per heavy atom. The quantitative estimate of drug-likeness (QED) is 0.623. The number of ketones is 1. The van der Waals surface area contributed by atoms with Crippen molar-refractivity contribution in [3.63, 3.8) is 0 Å². The fraction of sp³-hybridized carbons (Fsp3) is 0.714. The summed E-state index contributed by atoms with van der Waals surface area (Å²) in [6, 6.07) is 1.75. The lowest BCUT2D eigenvalue weighted by atomic mass is 10.4. The van der Waals surface area contributed by atoms with Crippen LogP contribution in [0.3, 0.4) is 0 Å². The first-order valence-electron chi connectivity index (χ1n) is 3.55. The first kappa shape index (κ1) is 11.1. The van der Waals surface area contributed by atoms with E-state index in [0.29, 0.717) is 0 Å². The highest BCUT2D eigenvalue weighted by atomic mass is 32.2. The van der Waals surface area contributed by atoms with Gasteiger partial charge in [-0.2, -0.15) is 5.26 Å². The maximum Gasteiger partial charge on any atom is 0.151 e. The van der Waals surface area contributed by atoms with Crippen LogP contribution in [0.2, 0.25) is 0 Å². The van der Waals surface area contributed by atoms with Crippen molar-refractivity contribution < 1.29 is 13.2 Å². The number of sulfone groups is 1. The van der Waals surface area contributed by atoms with Gasteiger partial charge in [-0.3, -0.25) is 4.79 Å². The molecule has 0 heterocycles. The maximum absolute atomic E-state index is 11.0. The van der Waals surface area contributed by atoms with Crippen molar-refractivity contribution in [1.29, 1.82) is 5.26 Å². The van der Waals surface area contributed by atoms with Crippen LogP contribution < -0.4 is 0 Å². The highest BCUT2D eigenvalue weighted by Gasteiger charge is 2.10. The van der Waals surface area contributed by atoms with Crippen molar-refractivity contribution in [1.82, 2.24) is 0 Å². The van der Waals surface area contributed by atoms with E-state index in [1.807, 2.05) is 0 Å². The topological polar surface area (TPSA) is 75.0 Å². The number of carbonyl (C=O) groups excluding carboxylic acids is 1. The molecule has 0 aliphatic rings. The summed E-state index contributed by atoms with van der Waals surface area (Å²) in [6.07, 6.45) is 0.0496. The van der Waals surface area contributed by atoms with Gasteiger partial charge in [-0.1, -0.05) is 0 Å². The molecule has 0 aromatic carbocycles. The van der Waals surface area contributed by atoms with Crippen LogP contribution in [0.25, 0.3) is 0 Å². The van der Waals surface area contributed by atoms with E-state index >= 15 is 0 Å². The van der Waals surface area contributed by atoms with E-state index < -0.39 is 9.84 Å². The summed E-state index contributed by atoms with van der Waals surface area (Å²) < 4.78 is 22.0. The second-order valence-corrected chi connectivity index (χ2v) is 4.82. The Labute approximate surface area is 72.1 Å². The largest absolute Gasteiger partial charge is 0.300 e. The first-order chi connectivity index (χ1) is 5.48. The van der Waals surface area contributed by atoms with E-state index in [0.717, 1.165) is 0 Å². The minimum Gasteiger partial charge on any atom is -0.300 e. The van der Waals surface area contributed by atoms with Crippen LogP contribution in [0.4, 0.5) is 0 Å². The molecule has 5 heteroatoms. The van der Waals surface area contributed by atoms with Crippen molar-refractivity contribution in [2.24, 2.45) is 0 Å². The molecule has 0 saturated heterocycles. The molecule has 0 aromatic heterocycles. The Morgan fingerprint density at radius 2 is 2.00 bits per heavy atom. The third-order valence-corrected chi connectivity index (χ3v) is 2.94. The van der Waals surface area contributed by atoms with Gasteiger partial charge in [0.05, 0.1) is 17.6 Å². The maximum atomic E-state index is 11.0. The Bertz CT molecular complexity index is 286. The van der Waals surface area contributed by atoms with E-state index in [2.05, 4.69) is 0 Å². The number of hydrogen-bond donors (Lipinski definition) is 0. The predicted octanol–water partition coefficient (Wildman–Crippen LogP) is 0.294. The molecule has 0 rings (SSSR count). The third kappa shape index (κ3) is 5.86. The van der Waals surface area contributed by atoms with Crippen LogP contribution in [-0.2, 0) is 14.6 Å². The molecular weight excluding hydrogens is 178 g/mol. The zero-order valence-corrected chi connectivity index (χ0v) is 7.73. The Balaban J connectivity index is 3.91. The molecule has 0 amide bonds. The number of rotatable bonds is 5. The van der Waals surface area contributed by atoms with E-state index in [9.17, 15) is 13.2 Å². The lowest BCUT2D eigenvalue weighted by molar-refractivity contribution is -0.116. The number of carbonyl (C=O) groups is 1. The molecule has 0 bridgehead atoms. The minimum atomic E-state index is -3.18. The Hall–Kier alpha value is -0.890. The zero-order valence-electron chi connectivity index (χ0n) is 6.91. The molecule has 0 unspecified atom stereocenters. The fourth-order valence-corrected chi connectivity index (χ4v) is 1.81. The molecule has 0 radical (unpaired) electrons. The minimum absolute atomic E-state index is 0.000236. The SMILES string of the molecule is CC(=O)CCS(=O)(=O)CCC#N. The van der Waals surface area contributed by atoms with Crippen LogP contribution in [0, 0.1) is 11.3 Å². The van der Waals surface area contributed by atoms with E-state index in [-0.39, 0.29) is 30.1 Å². The predicted molar refractivity (Wildman–Crippen MR) is 44.2 cm³/mol. The van der Waals surface area contributed by atoms with Gasteiger partial charge < -0.3 is 0 Å². The molecule has 0 spiro atoms. The zero-order chi connectivity index (χ0) is 9.61. The van der Waals surface area contributed by atoms with Gasteiger partial charge in [0.1, 0.15) is 5.78 Å². The Kier molecular flexibility index (Phi) is 4.52. The van der Waals surface area contributed by atoms with Crippen LogP contribution in [-0.4, -0.2) is 25.7 Å². The van der Waals surface area contributed by atoms with Crippen molar-refractivity contribution >= 4 is 15.6 Å². The molecule has 0 aliphatic carbocycles. The van der Waals surface area contributed by atoms with E-state index in [4.69, 9.17) is 5.26 Å². The lowest BCUT2D eigenvalue weighted by Crippen LogP contribution is -2.12. The van der Waals surface area contributed by atoms with Crippen molar-refractivity contribution in [2.75, 3.05) is 11.5 Å². The van der Waals surface area contributed by atoms with Crippen LogP contribution in [0.15, 0.2) is 0 Å². The van der Waals surface area contributed by atoms with Gasteiger partial charge in [0, 0.05) is 12.8 Å². The van der Waals surface area contributed by atoms with Crippen LogP contribution in [0.5, 0.6) is 0 Å². The monoisotopic (exact) mass is 189 g/mol. The summed E-state index contributed by atoms with van der Waals surface area (Å²) in [5.41, 5.74) is 0. The second-order valence-electron chi connectivity index (χ2n) is 2.51. The molecule has 4 nitrogen and oxygen atoms in total. The second kappa shape index (κ2) is 4.88. The highest BCUT2D eigenvalue weighted by Crippen LogP contribution is 1.96. The highest BCUT2D eigenvalue weighted by molar-refractivity contribution is 7.91. The van der Waals surface area contributed by atoms with Crippen molar-refractivity contribution in [3.8, 4) is 6.07 Å². The fourth-order valence-electron chi connectivity index (χ4n) is 0.602. The molecule has 0 fully saturated rings. The van der Waals surface area contributed by atoms with Crippen molar-refractivity contribution in [2.45, 2.75) is 19.8 Å². The van der Waals surface area contributed by atoms with Gasteiger partial charge in [-0.25, -0.2) is 8.42 Å². The van der Waals surface area contributed by atoms with E-state index in [1.54, 1.807) is 6.07 Å². The normalized spacial score (nSPS) is 10.7. The standard InChI is InChI=1S/C7H11NO3S/c1-7(9)3-6-12(10,11)5-2-4-8/h2-3,5-6H2,1H3. The molecule has 0 atom stereocenters. The first-order valence-corrected chi connectivity index (χ1v) is 5.37. The molecule has 0 saturated carbocycles. The van der Waals surface area contributed by atoms with E-state index in [1.165, 1.54) is 6.92 Å². The summed E-state index contributed by atoms with van der Waals surface area (Å²) in [6.45, 7) is 1.35. The molecule has 0 N–H and O–H groups in total. The van der Waals surface area contributed by atoms with Crippen molar-refractivity contribution in [3.05, 3.63) is 0 Å². The molecule has 0 aliphatic heterocycles. The molecule has 0 aromatic rings. The number of Topliss-reactive ketones (excluding diaryl/α,β-unsaturated/α-hetero) is 1. The van der Waals surface area contributed by atoms with Crippen LogP contribution in [0.1, 0.15) is 19.8 Å². The number of nitrogens with zero attached hydrogens (tertiary/aromatic N) is 1. The van der Waals surface area contributed by atoms with Gasteiger partial charge >= 0.3 is 0 Å². The number of hydrogen-bond acceptors (Lipinski definition) is 4. The van der Waals surface area contributed by atoms with Gasteiger partial charge in [-0.15, -0.1) is 0 Å². The summed E-state index contributed by atoms with van der Waals surface area (Å²) in [5, 5.41) is 8.13. The summed E-state index contributed by atoms with van der Waals surface area (Å²) in [7, 11) is -3.18. The van der Waals surface area contributed by atoms with Gasteiger partial charge in [0.25, 0.3) is 0 Å². The Morgan fingerprint density at radius 1 is 1.42 bits per heavy atom. The summed E-state index contributed by atoms with van der Waals surface area (Å²) >= 11 is 0. The number of nitriles is 1. The summed E-state index contributed by atoms with van der Waals surface area (Å²) in [4.78, 5) is 10.4. The average Bonchev–Trinajstić information content (AvgIpc) is 1.98. The molecule has 68 valence electrons. The third-order valence-electron chi connectivity index (χ3n) is 1.29. The lowest BCUT2D eigenvalue weighted by Gasteiger charge is -1.97. The summed E-state index contributed by atoms with van der Waals surface area (Å²) in [5.74, 6) is -0.420.